The maximum absolute atomic E-state index is 12.2. The lowest BCUT2D eigenvalue weighted by atomic mass is 10.1. The molecule has 0 bridgehead atoms. The molecule has 7 heteroatoms. The van der Waals surface area contributed by atoms with Crippen LogP contribution >= 0.6 is 0 Å². The van der Waals surface area contributed by atoms with Gasteiger partial charge in [0.2, 0.25) is 0 Å². The molecule has 0 aliphatic heterocycles. The van der Waals surface area contributed by atoms with Crippen LogP contribution in [0.15, 0.2) is 35.1 Å². The maximum Gasteiger partial charge on any atom is 0.272 e. The van der Waals surface area contributed by atoms with E-state index in [1.54, 1.807) is 7.11 Å². The molecule has 7 nitrogen and oxygen atoms in total. The second-order valence-electron chi connectivity index (χ2n) is 6.12. The molecule has 0 saturated heterocycles. The van der Waals surface area contributed by atoms with E-state index in [1.165, 1.54) is 12.1 Å². The number of rotatable bonds is 7. The number of aromatic amines is 1. The highest BCUT2D eigenvalue weighted by Crippen LogP contribution is 2.30. The molecule has 1 unspecified atom stereocenters. The Labute approximate surface area is 146 Å². The van der Waals surface area contributed by atoms with E-state index in [4.69, 9.17) is 9.47 Å². The van der Waals surface area contributed by atoms with Crippen molar-refractivity contribution in [1.82, 2.24) is 15.5 Å². The van der Waals surface area contributed by atoms with Gasteiger partial charge in [0.1, 0.15) is 5.69 Å². The van der Waals surface area contributed by atoms with Crippen molar-refractivity contribution in [1.29, 1.82) is 0 Å². The molecule has 0 saturated carbocycles. The standard InChI is InChI=1S/C18H23N3O4/c1-11(2)10-25-15-7-5-13(9-16(15)24-4)12(3)19-18(23)14-6-8-17(22)21-20-14/h5-9,11-12H,10H2,1-4H3,(H,19,23)(H,21,22). The first-order valence-corrected chi connectivity index (χ1v) is 8.08. The Bertz CT molecular complexity index is 766. The van der Waals surface area contributed by atoms with Crippen LogP contribution < -0.4 is 20.3 Å². The highest BCUT2D eigenvalue weighted by Gasteiger charge is 2.15. The molecule has 1 aromatic carbocycles. The number of hydrogen-bond acceptors (Lipinski definition) is 5. The highest BCUT2D eigenvalue weighted by atomic mass is 16.5. The van der Waals surface area contributed by atoms with Crippen LogP contribution in [0.2, 0.25) is 0 Å². The molecular formula is C18H23N3O4. The third-order valence-electron chi connectivity index (χ3n) is 3.52. The number of benzene rings is 1. The normalized spacial score (nSPS) is 11.9. The first kappa shape index (κ1) is 18.5. The predicted octanol–water partition coefficient (Wildman–Crippen LogP) is 2.30. The molecule has 134 valence electrons. The van der Waals surface area contributed by atoms with E-state index < -0.39 is 0 Å². The molecule has 0 radical (unpaired) electrons. The van der Waals surface area contributed by atoms with Crippen LogP contribution in [0.1, 0.15) is 42.9 Å². The molecule has 25 heavy (non-hydrogen) atoms. The molecule has 1 heterocycles. The van der Waals surface area contributed by atoms with Crippen LogP contribution in [0.3, 0.4) is 0 Å². The second kappa shape index (κ2) is 8.32. The number of carbonyl (C=O) groups is 1. The van der Waals surface area contributed by atoms with Crippen molar-refractivity contribution < 1.29 is 14.3 Å². The maximum atomic E-state index is 12.2. The summed E-state index contributed by atoms with van der Waals surface area (Å²) in [5.41, 5.74) is 0.660. The average molecular weight is 345 g/mol. The number of nitrogens with one attached hydrogen (secondary N) is 2. The summed E-state index contributed by atoms with van der Waals surface area (Å²) in [6.45, 7) is 6.60. The topological polar surface area (TPSA) is 93.3 Å². The van der Waals surface area contributed by atoms with E-state index in [0.717, 1.165) is 5.56 Å². The third-order valence-corrected chi connectivity index (χ3v) is 3.52. The van der Waals surface area contributed by atoms with E-state index in [2.05, 4.69) is 29.4 Å². The largest absolute Gasteiger partial charge is 0.493 e. The van der Waals surface area contributed by atoms with E-state index in [-0.39, 0.29) is 23.2 Å². The molecule has 1 atom stereocenters. The Hall–Kier alpha value is -2.83. The monoisotopic (exact) mass is 345 g/mol. The van der Waals surface area contributed by atoms with Gasteiger partial charge in [0.05, 0.1) is 19.8 Å². The zero-order valence-corrected chi connectivity index (χ0v) is 14.8. The van der Waals surface area contributed by atoms with Crippen LogP contribution in [-0.4, -0.2) is 29.8 Å². The van der Waals surface area contributed by atoms with Gasteiger partial charge in [-0.15, -0.1) is 0 Å². The minimum absolute atomic E-state index is 0.148. The van der Waals surface area contributed by atoms with Crippen LogP contribution in [0.4, 0.5) is 0 Å². The zero-order valence-electron chi connectivity index (χ0n) is 14.8. The summed E-state index contributed by atoms with van der Waals surface area (Å²) in [4.78, 5) is 23.2. The quantitative estimate of drug-likeness (QED) is 0.803. The minimum atomic E-state index is -0.372. The van der Waals surface area contributed by atoms with E-state index in [0.29, 0.717) is 24.0 Å². The highest BCUT2D eigenvalue weighted by molar-refractivity contribution is 5.92. The summed E-state index contributed by atoms with van der Waals surface area (Å²) >= 11 is 0. The summed E-state index contributed by atoms with van der Waals surface area (Å²) in [5, 5.41) is 8.79. The summed E-state index contributed by atoms with van der Waals surface area (Å²) in [6.07, 6.45) is 0. The average Bonchev–Trinajstić information content (AvgIpc) is 2.60. The van der Waals surface area contributed by atoms with Gasteiger partial charge in [-0.25, -0.2) is 5.10 Å². The molecular weight excluding hydrogens is 322 g/mol. The first-order chi connectivity index (χ1) is 11.9. The first-order valence-electron chi connectivity index (χ1n) is 8.08. The van der Waals surface area contributed by atoms with Crippen LogP contribution in [-0.2, 0) is 0 Å². The number of methoxy groups -OCH3 is 1. The molecule has 0 spiro atoms. The fourth-order valence-corrected chi connectivity index (χ4v) is 2.15. The van der Waals surface area contributed by atoms with Crippen LogP contribution in [0.25, 0.3) is 0 Å². The van der Waals surface area contributed by atoms with Crippen LogP contribution in [0, 0.1) is 5.92 Å². The lowest BCUT2D eigenvalue weighted by Crippen LogP contribution is -2.28. The van der Waals surface area contributed by atoms with Gasteiger partial charge in [0.25, 0.3) is 11.5 Å². The van der Waals surface area contributed by atoms with Gasteiger partial charge in [-0.2, -0.15) is 5.10 Å². The lowest BCUT2D eigenvalue weighted by Gasteiger charge is -2.17. The Balaban J connectivity index is 2.10. The SMILES string of the molecule is COc1cc(C(C)NC(=O)c2ccc(=O)[nH]n2)ccc1OCC(C)C. The smallest absolute Gasteiger partial charge is 0.272 e. The molecule has 0 aliphatic carbocycles. The number of amides is 1. The Morgan fingerprint density at radius 2 is 1.96 bits per heavy atom. The number of ether oxygens (including phenoxy) is 2. The zero-order chi connectivity index (χ0) is 18.4. The molecule has 0 aliphatic rings. The Morgan fingerprint density at radius 1 is 1.20 bits per heavy atom. The molecule has 0 fully saturated rings. The van der Waals surface area contributed by atoms with E-state index in [9.17, 15) is 9.59 Å². The summed E-state index contributed by atoms with van der Waals surface area (Å²) in [6, 6.07) is 7.91. The van der Waals surface area contributed by atoms with Gasteiger partial charge in [0.15, 0.2) is 11.5 Å². The number of hydrogen-bond donors (Lipinski definition) is 2. The van der Waals surface area contributed by atoms with Crippen molar-refractivity contribution in [2.24, 2.45) is 5.92 Å². The van der Waals surface area contributed by atoms with Crippen molar-refractivity contribution in [3.63, 3.8) is 0 Å². The van der Waals surface area contributed by atoms with Gasteiger partial charge in [-0.3, -0.25) is 9.59 Å². The van der Waals surface area contributed by atoms with Crippen molar-refractivity contribution in [2.75, 3.05) is 13.7 Å². The molecule has 2 N–H and O–H groups in total. The van der Waals surface area contributed by atoms with Gasteiger partial charge < -0.3 is 14.8 Å². The number of aromatic nitrogens is 2. The number of H-pyrrole nitrogens is 1. The lowest BCUT2D eigenvalue weighted by molar-refractivity contribution is 0.0933. The Kier molecular flexibility index (Phi) is 6.16. The summed E-state index contributed by atoms with van der Waals surface area (Å²) in [7, 11) is 1.58. The van der Waals surface area contributed by atoms with Crippen molar-refractivity contribution in [3.8, 4) is 11.5 Å². The summed E-state index contributed by atoms with van der Waals surface area (Å²) in [5.74, 6) is 1.32. The van der Waals surface area contributed by atoms with Crippen molar-refractivity contribution in [3.05, 3.63) is 51.9 Å². The van der Waals surface area contributed by atoms with Gasteiger partial charge in [-0.05, 0) is 36.6 Å². The molecule has 2 rings (SSSR count). The van der Waals surface area contributed by atoms with E-state index >= 15 is 0 Å². The molecule has 2 aromatic rings. The fraction of sp³-hybridized carbons (Fsp3) is 0.389. The van der Waals surface area contributed by atoms with Crippen molar-refractivity contribution in [2.45, 2.75) is 26.8 Å². The van der Waals surface area contributed by atoms with Gasteiger partial charge in [-0.1, -0.05) is 19.9 Å². The van der Waals surface area contributed by atoms with E-state index in [1.807, 2.05) is 25.1 Å². The molecule has 1 aromatic heterocycles. The third kappa shape index (κ3) is 5.07. The van der Waals surface area contributed by atoms with Gasteiger partial charge >= 0.3 is 0 Å². The van der Waals surface area contributed by atoms with Crippen molar-refractivity contribution >= 4 is 5.91 Å². The minimum Gasteiger partial charge on any atom is -0.493 e. The number of carbonyl (C=O) groups excluding carboxylic acids is 1. The molecule has 1 amide bonds. The number of nitrogens with zero attached hydrogens (tertiary/aromatic N) is 1. The fourth-order valence-electron chi connectivity index (χ4n) is 2.15. The summed E-state index contributed by atoms with van der Waals surface area (Å²) < 4.78 is 11.1. The Morgan fingerprint density at radius 3 is 2.56 bits per heavy atom. The van der Waals surface area contributed by atoms with Gasteiger partial charge in [0, 0.05) is 6.07 Å². The second-order valence-corrected chi connectivity index (χ2v) is 6.12. The predicted molar refractivity (Wildman–Crippen MR) is 94.1 cm³/mol. The van der Waals surface area contributed by atoms with Crippen LogP contribution in [0.5, 0.6) is 11.5 Å².